The Kier molecular flexibility index (Phi) is 2.99. The van der Waals surface area contributed by atoms with Crippen LogP contribution in [-0.4, -0.2) is 17.4 Å². The number of rotatable bonds is 1. The largest absolute Gasteiger partial charge is 0.307 e. The fourth-order valence-electron chi connectivity index (χ4n) is 3.46. The zero-order valence-electron chi connectivity index (χ0n) is 12.0. The molecule has 0 saturated heterocycles. The fraction of sp³-hybridized carbons (Fsp3) is 0.333. The van der Waals surface area contributed by atoms with Crippen molar-refractivity contribution in [3.8, 4) is 0 Å². The Morgan fingerprint density at radius 2 is 1.95 bits per heavy atom. The van der Waals surface area contributed by atoms with Crippen LogP contribution in [0.25, 0.3) is 0 Å². The molecule has 0 atom stereocenters. The normalized spacial score (nSPS) is 16.5. The summed E-state index contributed by atoms with van der Waals surface area (Å²) in [5.41, 5.74) is 5.59. The summed E-state index contributed by atoms with van der Waals surface area (Å²) in [6.45, 7) is 0.786. The maximum Gasteiger partial charge on any atom is 0.258 e. The van der Waals surface area contributed by atoms with Gasteiger partial charge >= 0.3 is 0 Å². The molecular formula is C18H18N2O. The molecule has 0 fully saturated rings. The van der Waals surface area contributed by atoms with Gasteiger partial charge in [-0.25, -0.2) is 0 Å². The quantitative estimate of drug-likeness (QED) is 0.802. The molecule has 3 nitrogen and oxygen atoms in total. The average Bonchev–Trinajstić information content (AvgIpc) is 3.01. The van der Waals surface area contributed by atoms with E-state index in [2.05, 4.69) is 17.1 Å². The molecule has 1 amide bonds. The van der Waals surface area contributed by atoms with E-state index in [1.807, 2.05) is 29.3 Å². The summed E-state index contributed by atoms with van der Waals surface area (Å²) < 4.78 is 0. The Hall–Kier alpha value is -2.16. The molecule has 1 aromatic heterocycles. The van der Waals surface area contributed by atoms with Crippen molar-refractivity contribution >= 4 is 11.6 Å². The third-order valence-corrected chi connectivity index (χ3v) is 4.54. The van der Waals surface area contributed by atoms with E-state index in [0.717, 1.165) is 49.2 Å². The van der Waals surface area contributed by atoms with E-state index in [4.69, 9.17) is 0 Å². The van der Waals surface area contributed by atoms with Crippen molar-refractivity contribution in [1.82, 2.24) is 4.98 Å². The van der Waals surface area contributed by atoms with Crippen LogP contribution >= 0.6 is 0 Å². The van der Waals surface area contributed by atoms with E-state index >= 15 is 0 Å². The number of nitrogens with zero attached hydrogens (tertiary/aromatic N) is 2. The predicted molar refractivity (Wildman–Crippen MR) is 82.7 cm³/mol. The Morgan fingerprint density at radius 3 is 2.90 bits per heavy atom. The van der Waals surface area contributed by atoms with Crippen LogP contribution in [0, 0.1) is 0 Å². The Labute approximate surface area is 124 Å². The van der Waals surface area contributed by atoms with Crippen molar-refractivity contribution < 1.29 is 4.79 Å². The third kappa shape index (κ3) is 2.13. The van der Waals surface area contributed by atoms with Gasteiger partial charge in [0.1, 0.15) is 0 Å². The SMILES string of the molecule is O=C(c1ccc2c(c1)CCC2)N1CCCc2ncccc21. The topological polar surface area (TPSA) is 33.2 Å². The van der Waals surface area contributed by atoms with Gasteiger partial charge in [-0.2, -0.15) is 0 Å². The summed E-state index contributed by atoms with van der Waals surface area (Å²) in [5.74, 6) is 0.110. The number of carbonyl (C=O) groups excluding carboxylic acids is 1. The molecule has 0 unspecified atom stereocenters. The van der Waals surface area contributed by atoms with Gasteiger partial charge in [0.15, 0.2) is 0 Å². The maximum atomic E-state index is 12.9. The van der Waals surface area contributed by atoms with Gasteiger partial charge in [0.25, 0.3) is 5.91 Å². The Bertz CT molecular complexity index is 708. The van der Waals surface area contributed by atoms with E-state index in [1.54, 1.807) is 0 Å². The number of carbonyl (C=O) groups is 1. The number of aromatic nitrogens is 1. The molecule has 2 heterocycles. The van der Waals surface area contributed by atoms with Crippen LogP contribution in [0.15, 0.2) is 36.5 Å². The monoisotopic (exact) mass is 278 g/mol. The maximum absolute atomic E-state index is 12.9. The molecule has 0 N–H and O–H groups in total. The number of anilines is 1. The predicted octanol–water partition coefficient (Wildman–Crippen LogP) is 3.16. The highest BCUT2D eigenvalue weighted by Gasteiger charge is 2.25. The van der Waals surface area contributed by atoms with E-state index in [9.17, 15) is 4.79 Å². The lowest BCUT2D eigenvalue weighted by Crippen LogP contribution is -2.35. The summed E-state index contributed by atoms with van der Waals surface area (Å²) >= 11 is 0. The Balaban J connectivity index is 1.70. The summed E-state index contributed by atoms with van der Waals surface area (Å²) in [7, 11) is 0. The smallest absolute Gasteiger partial charge is 0.258 e. The molecule has 0 radical (unpaired) electrons. The molecule has 1 aliphatic heterocycles. The van der Waals surface area contributed by atoms with Gasteiger partial charge in [-0.05, 0) is 67.5 Å². The lowest BCUT2D eigenvalue weighted by Gasteiger charge is -2.28. The molecule has 4 rings (SSSR count). The minimum absolute atomic E-state index is 0.110. The van der Waals surface area contributed by atoms with Crippen LogP contribution in [0.5, 0.6) is 0 Å². The minimum atomic E-state index is 0.110. The minimum Gasteiger partial charge on any atom is -0.307 e. The molecular weight excluding hydrogens is 260 g/mol. The number of pyridine rings is 1. The molecule has 2 aliphatic rings. The van der Waals surface area contributed by atoms with Gasteiger partial charge in [-0.3, -0.25) is 9.78 Å². The van der Waals surface area contributed by atoms with Crippen LogP contribution < -0.4 is 4.90 Å². The van der Waals surface area contributed by atoms with Gasteiger partial charge in [0.05, 0.1) is 11.4 Å². The molecule has 1 aromatic carbocycles. The summed E-state index contributed by atoms with van der Waals surface area (Å²) in [5, 5.41) is 0. The molecule has 1 aliphatic carbocycles. The number of aryl methyl sites for hydroxylation is 3. The first-order valence-electron chi connectivity index (χ1n) is 7.70. The van der Waals surface area contributed by atoms with Gasteiger partial charge in [-0.1, -0.05) is 6.07 Å². The second-order valence-electron chi connectivity index (χ2n) is 5.87. The number of hydrogen-bond donors (Lipinski definition) is 0. The van der Waals surface area contributed by atoms with E-state index < -0.39 is 0 Å². The van der Waals surface area contributed by atoms with Crippen LogP contribution in [0.2, 0.25) is 0 Å². The fourth-order valence-corrected chi connectivity index (χ4v) is 3.46. The van der Waals surface area contributed by atoms with Crippen molar-refractivity contribution in [3.63, 3.8) is 0 Å². The van der Waals surface area contributed by atoms with Crippen LogP contribution in [0.4, 0.5) is 5.69 Å². The molecule has 21 heavy (non-hydrogen) atoms. The van der Waals surface area contributed by atoms with Crippen LogP contribution in [-0.2, 0) is 19.3 Å². The molecule has 106 valence electrons. The first-order chi connectivity index (χ1) is 10.3. The highest BCUT2D eigenvalue weighted by molar-refractivity contribution is 6.06. The first-order valence-corrected chi connectivity index (χ1v) is 7.70. The number of hydrogen-bond acceptors (Lipinski definition) is 2. The van der Waals surface area contributed by atoms with Gasteiger partial charge in [0.2, 0.25) is 0 Å². The second kappa shape index (κ2) is 4.99. The highest BCUT2D eigenvalue weighted by Crippen LogP contribution is 2.28. The van der Waals surface area contributed by atoms with Crippen molar-refractivity contribution in [1.29, 1.82) is 0 Å². The molecule has 3 heteroatoms. The highest BCUT2D eigenvalue weighted by atomic mass is 16.2. The van der Waals surface area contributed by atoms with Gasteiger partial charge < -0.3 is 4.90 Å². The molecule has 0 saturated carbocycles. The van der Waals surface area contributed by atoms with Crippen LogP contribution in [0.3, 0.4) is 0 Å². The van der Waals surface area contributed by atoms with E-state index in [-0.39, 0.29) is 5.91 Å². The van der Waals surface area contributed by atoms with Gasteiger partial charge in [0, 0.05) is 18.3 Å². The van der Waals surface area contributed by atoms with E-state index in [1.165, 1.54) is 17.5 Å². The van der Waals surface area contributed by atoms with Crippen molar-refractivity contribution in [2.45, 2.75) is 32.1 Å². The standard InChI is InChI=1S/C18H18N2O/c21-18(15-9-8-13-4-1-5-14(13)12-15)20-11-3-6-16-17(20)7-2-10-19-16/h2,7-10,12H,1,3-6,11H2. The number of benzene rings is 1. The van der Waals surface area contributed by atoms with Crippen molar-refractivity contribution in [3.05, 3.63) is 58.9 Å². The van der Waals surface area contributed by atoms with E-state index in [0.29, 0.717) is 0 Å². The summed E-state index contributed by atoms with van der Waals surface area (Å²) in [6, 6.07) is 10.1. The molecule has 0 bridgehead atoms. The third-order valence-electron chi connectivity index (χ3n) is 4.54. The molecule has 0 spiro atoms. The lowest BCUT2D eigenvalue weighted by molar-refractivity contribution is 0.0985. The summed E-state index contributed by atoms with van der Waals surface area (Å²) in [6.07, 6.45) is 7.23. The number of fused-ring (bicyclic) bond motifs is 2. The van der Waals surface area contributed by atoms with Crippen molar-refractivity contribution in [2.75, 3.05) is 11.4 Å². The summed E-state index contributed by atoms with van der Waals surface area (Å²) in [4.78, 5) is 19.2. The first kappa shape index (κ1) is 12.6. The Morgan fingerprint density at radius 1 is 1.05 bits per heavy atom. The van der Waals surface area contributed by atoms with Gasteiger partial charge in [-0.15, -0.1) is 0 Å². The second-order valence-corrected chi connectivity index (χ2v) is 5.87. The average molecular weight is 278 g/mol. The number of amides is 1. The van der Waals surface area contributed by atoms with Crippen molar-refractivity contribution in [2.24, 2.45) is 0 Å². The van der Waals surface area contributed by atoms with Crippen LogP contribution in [0.1, 0.15) is 40.0 Å². The zero-order valence-corrected chi connectivity index (χ0v) is 12.0. The molecule has 2 aromatic rings. The zero-order chi connectivity index (χ0) is 14.2. The lowest BCUT2D eigenvalue weighted by atomic mass is 10.0.